The second-order valence-electron chi connectivity index (χ2n) is 4.85. The van der Waals surface area contributed by atoms with E-state index in [1.54, 1.807) is 0 Å². The minimum atomic E-state index is -0.118. The molecular weight excluding hydrogens is 308 g/mol. The van der Waals surface area contributed by atoms with Gasteiger partial charge in [-0.25, -0.2) is 0 Å². The first-order valence-electron chi connectivity index (χ1n) is 6.34. The maximum atomic E-state index is 11.7. The van der Waals surface area contributed by atoms with E-state index in [0.717, 1.165) is 10.0 Å². The van der Waals surface area contributed by atoms with Crippen LogP contribution < -0.4 is 15.8 Å². The minimum absolute atomic E-state index is 0.00565. The summed E-state index contributed by atoms with van der Waals surface area (Å²) < 4.78 is 6.46. The number of carbonyl (C=O) groups excluding carboxylic acids is 1. The first kappa shape index (κ1) is 16.0. The van der Waals surface area contributed by atoms with E-state index in [0.29, 0.717) is 18.2 Å². The van der Waals surface area contributed by atoms with Crippen molar-refractivity contribution in [1.29, 1.82) is 0 Å². The van der Waals surface area contributed by atoms with E-state index in [-0.39, 0.29) is 18.6 Å². The molecule has 0 spiro atoms. The van der Waals surface area contributed by atoms with E-state index >= 15 is 0 Å². The molecule has 0 bridgehead atoms. The zero-order valence-electron chi connectivity index (χ0n) is 11.6. The van der Waals surface area contributed by atoms with Gasteiger partial charge in [0, 0.05) is 22.6 Å². The Kier molecular flexibility index (Phi) is 6.31. The molecule has 0 heterocycles. The normalized spacial score (nSPS) is 12.3. The summed E-state index contributed by atoms with van der Waals surface area (Å²) in [6.45, 7) is 6.48. The molecule has 0 aromatic heterocycles. The number of ether oxygens (including phenoxy) is 1. The minimum Gasteiger partial charge on any atom is -0.483 e. The van der Waals surface area contributed by atoms with Crippen LogP contribution in [-0.4, -0.2) is 18.6 Å². The number of nitrogens with one attached hydrogen (secondary N) is 1. The molecule has 1 unspecified atom stereocenters. The number of amides is 1. The predicted molar refractivity (Wildman–Crippen MR) is 80.0 cm³/mol. The van der Waals surface area contributed by atoms with Crippen LogP contribution in [0.4, 0.5) is 0 Å². The lowest BCUT2D eigenvalue weighted by molar-refractivity contribution is -0.124. The number of benzene rings is 1. The Labute approximate surface area is 122 Å². The fourth-order valence-electron chi connectivity index (χ4n) is 1.45. The summed E-state index contributed by atoms with van der Waals surface area (Å²) in [6.07, 6.45) is 0. The van der Waals surface area contributed by atoms with E-state index in [4.69, 9.17) is 10.5 Å². The Hall–Kier alpha value is -1.07. The Morgan fingerprint density at radius 1 is 1.42 bits per heavy atom. The molecular formula is C14H21BrN2O2. The molecule has 5 heteroatoms. The van der Waals surface area contributed by atoms with Crippen molar-refractivity contribution in [2.45, 2.75) is 33.4 Å². The second-order valence-corrected chi connectivity index (χ2v) is 5.76. The third-order valence-electron chi connectivity index (χ3n) is 2.99. The highest BCUT2D eigenvalue weighted by Gasteiger charge is 2.12. The molecule has 1 rings (SSSR count). The van der Waals surface area contributed by atoms with Gasteiger partial charge in [0.1, 0.15) is 5.75 Å². The highest BCUT2D eigenvalue weighted by atomic mass is 79.9. The molecule has 0 aliphatic carbocycles. The van der Waals surface area contributed by atoms with E-state index in [1.165, 1.54) is 0 Å². The average molecular weight is 329 g/mol. The molecule has 0 fully saturated rings. The monoisotopic (exact) mass is 328 g/mol. The molecule has 3 N–H and O–H groups in total. The second kappa shape index (κ2) is 7.50. The molecule has 106 valence electrons. The molecule has 1 atom stereocenters. The third kappa shape index (κ3) is 5.20. The van der Waals surface area contributed by atoms with Gasteiger partial charge in [-0.05, 0) is 31.0 Å². The number of rotatable bonds is 6. The van der Waals surface area contributed by atoms with Crippen molar-refractivity contribution >= 4 is 21.8 Å². The lowest BCUT2D eigenvalue weighted by Gasteiger charge is -2.18. The van der Waals surface area contributed by atoms with Crippen LogP contribution in [-0.2, 0) is 11.3 Å². The Bertz CT molecular complexity index is 435. The summed E-state index contributed by atoms with van der Waals surface area (Å²) in [5.41, 5.74) is 6.52. The van der Waals surface area contributed by atoms with Gasteiger partial charge in [0.25, 0.3) is 5.91 Å². The lowest BCUT2D eigenvalue weighted by atomic mass is 10.1. The first-order chi connectivity index (χ1) is 8.93. The van der Waals surface area contributed by atoms with Crippen LogP contribution in [0, 0.1) is 5.92 Å². The summed E-state index contributed by atoms with van der Waals surface area (Å²) in [5.74, 6) is 0.932. The van der Waals surface area contributed by atoms with Crippen LogP contribution in [0.3, 0.4) is 0 Å². The van der Waals surface area contributed by atoms with Gasteiger partial charge in [0.05, 0.1) is 0 Å². The zero-order chi connectivity index (χ0) is 14.4. The van der Waals surface area contributed by atoms with Gasteiger partial charge in [-0.2, -0.15) is 0 Å². The van der Waals surface area contributed by atoms with E-state index in [1.807, 2.05) is 25.1 Å². The van der Waals surface area contributed by atoms with Gasteiger partial charge in [0.2, 0.25) is 0 Å². The molecule has 1 aromatic carbocycles. The Morgan fingerprint density at radius 2 is 2.11 bits per heavy atom. The first-order valence-corrected chi connectivity index (χ1v) is 7.14. The fraction of sp³-hybridized carbons (Fsp3) is 0.500. The molecule has 4 nitrogen and oxygen atoms in total. The number of carbonyl (C=O) groups is 1. The molecule has 0 aliphatic rings. The van der Waals surface area contributed by atoms with E-state index < -0.39 is 0 Å². The summed E-state index contributed by atoms with van der Waals surface area (Å²) in [4.78, 5) is 11.7. The number of halogens is 1. The average Bonchev–Trinajstić information content (AvgIpc) is 2.36. The van der Waals surface area contributed by atoms with Crippen molar-refractivity contribution in [1.82, 2.24) is 5.32 Å². The van der Waals surface area contributed by atoms with Gasteiger partial charge in [-0.15, -0.1) is 0 Å². The highest BCUT2D eigenvalue weighted by Crippen LogP contribution is 2.22. The quantitative estimate of drug-likeness (QED) is 0.843. The van der Waals surface area contributed by atoms with Crippen LogP contribution in [0.15, 0.2) is 22.7 Å². The van der Waals surface area contributed by atoms with Crippen molar-refractivity contribution in [2.75, 3.05) is 6.61 Å². The van der Waals surface area contributed by atoms with Crippen molar-refractivity contribution < 1.29 is 9.53 Å². The fourth-order valence-corrected chi connectivity index (χ4v) is 1.86. The molecule has 0 saturated heterocycles. The largest absolute Gasteiger partial charge is 0.483 e. The Morgan fingerprint density at radius 3 is 2.68 bits per heavy atom. The topological polar surface area (TPSA) is 64.3 Å². The summed E-state index contributed by atoms with van der Waals surface area (Å²) in [5, 5.41) is 2.89. The number of hydrogen-bond acceptors (Lipinski definition) is 3. The number of nitrogens with two attached hydrogens (primary N) is 1. The van der Waals surface area contributed by atoms with Crippen LogP contribution >= 0.6 is 15.9 Å². The molecule has 0 aliphatic heterocycles. The maximum absolute atomic E-state index is 11.7. The van der Waals surface area contributed by atoms with E-state index in [2.05, 4.69) is 35.1 Å². The van der Waals surface area contributed by atoms with Gasteiger partial charge in [-0.1, -0.05) is 29.8 Å². The van der Waals surface area contributed by atoms with Crippen molar-refractivity contribution in [3.8, 4) is 5.75 Å². The van der Waals surface area contributed by atoms with Gasteiger partial charge < -0.3 is 15.8 Å². The maximum Gasteiger partial charge on any atom is 0.258 e. The molecule has 19 heavy (non-hydrogen) atoms. The SMILES string of the molecule is CC(C)C(C)NC(=O)COc1ccc(Br)cc1CN. The van der Waals surface area contributed by atoms with Crippen LogP contribution in [0.1, 0.15) is 26.3 Å². The smallest absolute Gasteiger partial charge is 0.258 e. The van der Waals surface area contributed by atoms with Gasteiger partial charge in [0.15, 0.2) is 6.61 Å². The predicted octanol–water partition coefficient (Wildman–Crippen LogP) is 2.45. The molecule has 0 radical (unpaired) electrons. The standard InChI is InChI=1S/C14H21BrN2O2/c1-9(2)10(3)17-14(18)8-19-13-5-4-12(15)6-11(13)7-16/h4-6,9-10H,7-8,16H2,1-3H3,(H,17,18). The lowest BCUT2D eigenvalue weighted by Crippen LogP contribution is -2.39. The van der Waals surface area contributed by atoms with E-state index in [9.17, 15) is 4.79 Å². The summed E-state index contributed by atoms with van der Waals surface area (Å²) >= 11 is 3.38. The molecule has 1 aromatic rings. The van der Waals surface area contributed by atoms with Crippen molar-refractivity contribution in [3.63, 3.8) is 0 Å². The summed E-state index contributed by atoms with van der Waals surface area (Å²) in [6, 6.07) is 5.70. The number of hydrogen-bond donors (Lipinski definition) is 2. The zero-order valence-corrected chi connectivity index (χ0v) is 13.2. The third-order valence-corrected chi connectivity index (χ3v) is 3.48. The van der Waals surface area contributed by atoms with Crippen LogP contribution in [0.25, 0.3) is 0 Å². The Balaban J connectivity index is 2.55. The highest BCUT2D eigenvalue weighted by molar-refractivity contribution is 9.10. The van der Waals surface area contributed by atoms with Crippen LogP contribution in [0.5, 0.6) is 5.75 Å². The molecule has 0 saturated carbocycles. The van der Waals surface area contributed by atoms with Gasteiger partial charge in [-0.3, -0.25) is 4.79 Å². The van der Waals surface area contributed by atoms with Crippen LogP contribution in [0.2, 0.25) is 0 Å². The molecule has 1 amide bonds. The van der Waals surface area contributed by atoms with Crippen molar-refractivity contribution in [3.05, 3.63) is 28.2 Å². The van der Waals surface area contributed by atoms with Gasteiger partial charge >= 0.3 is 0 Å². The summed E-state index contributed by atoms with van der Waals surface area (Å²) in [7, 11) is 0. The van der Waals surface area contributed by atoms with Crippen molar-refractivity contribution in [2.24, 2.45) is 11.7 Å².